The number of carbonyl (C=O) groups excluding carboxylic acids is 1. The zero-order valence-electron chi connectivity index (χ0n) is 6.88. The predicted octanol–water partition coefficient (Wildman–Crippen LogP) is 1.33. The Morgan fingerprint density at radius 3 is 2.92 bits per heavy atom. The van der Waals surface area contributed by atoms with Crippen molar-refractivity contribution < 1.29 is 13.6 Å². The van der Waals surface area contributed by atoms with E-state index in [0.29, 0.717) is 0 Å². The number of halogens is 2. The maximum Gasteiger partial charge on any atom is 0.315 e. The number of aryl methyl sites for hydroxylation is 1. The summed E-state index contributed by atoms with van der Waals surface area (Å²) in [4.78, 5) is 15.2. The van der Waals surface area contributed by atoms with E-state index in [1.165, 1.54) is 11.3 Å². The van der Waals surface area contributed by atoms with Crippen LogP contribution in [0.4, 0.5) is 8.78 Å². The molecule has 3 nitrogen and oxygen atoms in total. The van der Waals surface area contributed by atoms with E-state index in [9.17, 15) is 13.6 Å². The van der Waals surface area contributed by atoms with Gasteiger partial charge in [0, 0.05) is 4.88 Å². The lowest BCUT2D eigenvalue weighted by Gasteiger charge is -2.01. The molecule has 1 amide bonds. The van der Waals surface area contributed by atoms with Crippen molar-refractivity contribution in [3.8, 4) is 0 Å². The number of hydrogen-bond acceptors (Lipinski definition) is 3. The van der Waals surface area contributed by atoms with E-state index in [2.05, 4.69) is 10.3 Å². The molecule has 1 rings (SSSR count). The lowest BCUT2D eigenvalue weighted by atomic mass is 10.4. The van der Waals surface area contributed by atoms with Crippen LogP contribution in [0.2, 0.25) is 0 Å². The number of thiazole rings is 1. The lowest BCUT2D eigenvalue weighted by Crippen LogP contribution is -2.28. The fourth-order valence-corrected chi connectivity index (χ4v) is 1.46. The summed E-state index contributed by atoms with van der Waals surface area (Å²) >= 11 is 1.33. The minimum atomic E-state index is -2.95. The van der Waals surface area contributed by atoms with Crippen molar-refractivity contribution in [1.29, 1.82) is 0 Å². The fraction of sp³-hybridized carbons (Fsp3) is 0.429. The van der Waals surface area contributed by atoms with Crippen molar-refractivity contribution >= 4 is 17.2 Å². The van der Waals surface area contributed by atoms with Gasteiger partial charge < -0.3 is 5.32 Å². The van der Waals surface area contributed by atoms with Crippen molar-refractivity contribution in [3.05, 3.63) is 16.1 Å². The van der Waals surface area contributed by atoms with Gasteiger partial charge in [-0.1, -0.05) is 0 Å². The van der Waals surface area contributed by atoms with Gasteiger partial charge in [-0.3, -0.25) is 4.79 Å². The van der Waals surface area contributed by atoms with Crippen LogP contribution in [-0.4, -0.2) is 17.3 Å². The number of amides is 1. The molecule has 0 saturated carbocycles. The monoisotopic (exact) mass is 206 g/mol. The van der Waals surface area contributed by atoms with Crippen molar-refractivity contribution in [2.24, 2.45) is 0 Å². The number of alkyl halides is 2. The standard InChI is InChI=1S/C7H8F2N2OS/c1-4-5(13-3-11-4)2-10-7(12)6(8)9/h3,6H,2H2,1H3,(H,10,12). The second-order valence-corrected chi connectivity index (χ2v) is 3.32. The lowest BCUT2D eigenvalue weighted by molar-refractivity contribution is -0.131. The Morgan fingerprint density at radius 2 is 2.46 bits per heavy atom. The van der Waals surface area contributed by atoms with E-state index >= 15 is 0 Å². The third-order valence-corrected chi connectivity index (χ3v) is 2.40. The highest BCUT2D eigenvalue weighted by Gasteiger charge is 2.14. The second kappa shape index (κ2) is 4.27. The number of hydrogen-bond donors (Lipinski definition) is 1. The maximum absolute atomic E-state index is 11.7. The van der Waals surface area contributed by atoms with Gasteiger partial charge in [0.05, 0.1) is 17.7 Å². The second-order valence-electron chi connectivity index (χ2n) is 2.38. The molecule has 1 aromatic heterocycles. The molecular formula is C7H8F2N2OS. The van der Waals surface area contributed by atoms with Crippen LogP contribution in [0.3, 0.4) is 0 Å². The van der Waals surface area contributed by atoms with Crippen LogP contribution in [0.15, 0.2) is 5.51 Å². The van der Waals surface area contributed by atoms with Crippen LogP contribution in [0.25, 0.3) is 0 Å². The van der Waals surface area contributed by atoms with Crippen LogP contribution in [0.5, 0.6) is 0 Å². The molecule has 6 heteroatoms. The van der Waals surface area contributed by atoms with Gasteiger partial charge in [0.2, 0.25) is 0 Å². The number of nitrogens with zero attached hydrogens (tertiary/aromatic N) is 1. The minimum absolute atomic E-state index is 0.125. The Kier molecular flexibility index (Phi) is 3.30. The highest BCUT2D eigenvalue weighted by Crippen LogP contribution is 2.11. The van der Waals surface area contributed by atoms with Crippen LogP contribution >= 0.6 is 11.3 Å². The van der Waals surface area contributed by atoms with E-state index in [-0.39, 0.29) is 6.54 Å². The molecule has 1 aromatic rings. The van der Waals surface area contributed by atoms with E-state index in [1.807, 2.05) is 0 Å². The zero-order valence-corrected chi connectivity index (χ0v) is 7.70. The Balaban J connectivity index is 2.44. The van der Waals surface area contributed by atoms with Gasteiger partial charge in [-0.05, 0) is 6.92 Å². The first-order valence-electron chi connectivity index (χ1n) is 3.56. The van der Waals surface area contributed by atoms with Crippen LogP contribution in [-0.2, 0) is 11.3 Å². The number of nitrogens with one attached hydrogen (secondary N) is 1. The topological polar surface area (TPSA) is 42.0 Å². The molecule has 0 saturated heterocycles. The van der Waals surface area contributed by atoms with Gasteiger partial charge in [-0.25, -0.2) is 4.98 Å². The Hall–Kier alpha value is -1.04. The first kappa shape index (κ1) is 10.0. The number of rotatable bonds is 3. The first-order valence-corrected chi connectivity index (χ1v) is 4.44. The highest BCUT2D eigenvalue weighted by molar-refractivity contribution is 7.09. The van der Waals surface area contributed by atoms with Gasteiger partial charge >= 0.3 is 6.43 Å². The van der Waals surface area contributed by atoms with E-state index in [4.69, 9.17) is 0 Å². The summed E-state index contributed by atoms with van der Waals surface area (Å²) in [6.45, 7) is 1.89. The molecule has 0 aromatic carbocycles. The van der Waals surface area contributed by atoms with Gasteiger partial charge in [0.15, 0.2) is 0 Å². The maximum atomic E-state index is 11.7. The fourth-order valence-electron chi connectivity index (χ4n) is 0.740. The molecule has 0 unspecified atom stereocenters. The number of aromatic nitrogens is 1. The summed E-state index contributed by atoms with van der Waals surface area (Å²) < 4.78 is 23.5. The molecule has 0 atom stereocenters. The molecule has 0 aliphatic heterocycles. The zero-order chi connectivity index (χ0) is 9.84. The van der Waals surface area contributed by atoms with Crippen LogP contribution in [0.1, 0.15) is 10.6 Å². The summed E-state index contributed by atoms with van der Waals surface area (Å²) in [6.07, 6.45) is -2.95. The molecule has 72 valence electrons. The quantitative estimate of drug-likeness (QED) is 0.810. The third kappa shape index (κ3) is 2.73. The summed E-state index contributed by atoms with van der Waals surface area (Å²) in [7, 11) is 0. The molecule has 0 aliphatic rings. The molecule has 0 bridgehead atoms. The molecular weight excluding hydrogens is 198 g/mol. The number of carbonyl (C=O) groups is 1. The largest absolute Gasteiger partial charge is 0.346 e. The van der Waals surface area contributed by atoms with Crippen LogP contribution < -0.4 is 5.32 Å². The van der Waals surface area contributed by atoms with Gasteiger partial charge in [0.1, 0.15) is 0 Å². The predicted molar refractivity (Wildman–Crippen MR) is 44.7 cm³/mol. The highest BCUT2D eigenvalue weighted by atomic mass is 32.1. The van der Waals surface area contributed by atoms with Crippen molar-refractivity contribution in [2.45, 2.75) is 19.9 Å². The Bertz CT molecular complexity index is 300. The molecule has 0 aliphatic carbocycles. The van der Waals surface area contributed by atoms with Gasteiger partial charge in [-0.15, -0.1) is 11.3 Å². The molecule has 0 fully saturated rings. The van der Waals surface area contributed by atoms with Gasteiger partial charge in [0.25, 0.3) is 5.91 Å². The summed E-state index contributed by atoms with van der Waals surface area (Å²) in [5.41, 5.74) is 2.37. The normalized spacial score (nSPS) is 10.5. The molecule has 0 spiro atoms. The molecule has 0 radical (unpaired) electrons. The SMILES string of the molecule is Cc1ncsc1CNC(=O)C(F)F. The first-order chi connectivity index (χ1) is 6.11. The molecule has 13 heavy (non-hydrogen) atoms. The molecule has 1 heterocycles. The minimum Gasteiger partial charge on any atom is -0.346 e. The Labute approximate surface area is 77.8 Å². The average Bonchev–Trinajstić information content (AvgIpc) is 2.47. The van der Waals surface area contributed by atoms with E-state index < -0.39 is 12.3 Å². The van der Waals surface area contributed by atoms with Crippen molar-refractivity contribution in [2.75, 3.05) is 0 Å². The van der Waals surface area contributed by atoms with Gasteiger partial charge in [-0.2, -0.15) is 8.78 Å². The smallest absolute Gasteiger partial charge is 0.315 e. The summed E-state index contributed by atoms with van der Waals surface area (Å²) in [6, 6.07) is 0. The van der Waals surface area contributed by atoms with Crippen molar-refractivity contribution in [3.63, 3.8) is 0 Å². The van der Waals surface area contributed by atoms with Crippen molar-refractivity contribution in [1.82, 2.24) is 10.3 Å². The molecule has 1 N–H and O–H groups in total. The van der Waals surface area contributed by atoms with E-state index in [1.54, 1.807) is 12.4 Å². The van der Waals surface area contributed by atoms with E-state index in [0.717, 1.165) is 10.6 Å². The summed E-state index contributed by atoms with van der Waals surface area (Å²) in [5, 5.41) is 2.11. The van der Waals surface area contributed by atoms with Crippen LogP contribution in [0, 0.1) is 6.92 Å². The Morgan fingerprint density at radius 1 is 1.77 bits per heavy atom. The summed E-state index contributed by atoms with van der Waals surface area (Å²) in [5.74, 6) is -1.24. The average molecular weight is 206 g/mol. The third-order valence-electron chi connectivity index (χ3n) is 1.47.